The van der Waals surface area contributed by atoms with Crippen molar-refractivity contribution in [2.75, 3.05) is 13.1 Å². The van der Waals surface area contributed by atoms with Gasteiger partial charge in [0.05, 0.1) is 17.3 Å². The first kappa shape index (κ1) is 18.3. The standard InChI is InChI=1S/C21H20F2N4O/c1-13(17-10-15(22)6-7-18(17)23)26-21(28)27-9-8-14(11-27)20-16-4-2-3-5-19(16)24-12-25-20/h2-7,10,12-14H,8-9,11H2,1H3,(H,26,28). The molecule has 1 aliphatic rings. The second-order valence-corrected chi connectivity index (χ2v) is 7.04. The lowest BCUT2D eigenvalue weighted by Gasteiger charge is -2.21. The number of aromatic nitrogens is 2. The number of para-hydroxylation sites is 1. The molecule has 2 atom stereocenters. The molecule has 0 saturated carbocycles. The Bertz CT molecular complexity index is 1020. The third-order valence-electron chi connectivity index (χ3n) is 5.20. The van der Waals surface area contributed by atoms with Gasteiger partial charge in [0, 0.05) is 30.0 Å². The average molecular weight is 382 g/mol. The molecule has 1 aromatic heterocycles. The van der Waals surface area contributed by atoms with Crippen LogP contribution in [0.25, 0.3) is 10.9 Å². The summed E-state index contributed by atoms with van der Waals surface area (Å²) in [5.74, 6) is -0.963. The Morgan fingerprint density at radius 3 is 2.89 bits per heavy atom. The third-order valence-corrected chi connectivity index (χ3v) is 5.20. The van der Waals surface area contributed by atoms with E-state index in [4.69, 9.17) is 0 Å². The number of nitrogens with zero attached hydrogens (tertiary/aromatic N) is 3. The van der Waals surface area contributed by atoms with E-state index in [0.717, 1.165) is 41.2 Å². The number of amides is 2. The van der Waals surface area contributed by atoms with Crippen LogP contribution >= 0.6 is 0 Å². The van der Waals surface area contributed by atoms with Crippen molar-refractivity contribution in [3.63, 3.8) is 0 Å². The summed E-state index contributed by atoms with van der Waals surface area (Å²) in [6.07, 6.45) is 2.34. The Labute approximate surface area is 161 Å². The van der Waals surface area contributed by atoms with E-state index in [0.29, 0.717) is 13.1 Å². The molecule has 0 aliphatic carbocycles. The van der Waals surface area contributed by atoms with Gasteiger partial charge in [-0.1, -0.05) is 18.2 Å². The number of fused-ring (bicyclic) bond motifs is 1. The number of rotatable bonds is 3. The van der Waals surface area contributed by atoms with Gasteiger partial charge in [-0.05, 0) is 37.6 Å². The number of nitrogens with one attached hydrogen (secondary N) is 1. The summed E-state index contributed by atoms with van der Waals surface area (Å²) in [4.78, 5) is 23.1. The van der Waals surface area contributed by atoms with Crippen molar-refractivity contribution >= 4 is 16.9 Å². The van der Waals surface area contributed by atoms with Crippen LogP contribution in [0.4, 0.5) is 13.6 Å². The van der Waals surface area contributed by atoms with Crippen molar-refractivity contribution < 1.29 is 13.6 Å². The second-order valence-electron chi connectivity index (χ2n) is 7.04. The lowest BCUT2D eigenvalue weighted by Crippen LogP contribution is -2.39. The topological polar surface area (TPSA) is 58.1 Å². The fourth-order valence-corrected chi connectivity index (χ4v) is 3.72. The molecule has 2 unspecified atom stereocenters. The number of carbonyl (C=O) groups excluding carboxylic acids is 1. The van der Waals surface area contributed by atoms with E-state index in [2.05, 4.69) is 15.3 Å². The molecule has 2 heterocycles. The second kappa shape index (κ2) is 7.50. The molecular weight excluding hydrogens is 362 g/mol. The number of hydrogen-bond acceptors (Lipinski definition) is 3. The molecule has 0 bridgehead atoms. The number of likely N-dealkylation sites (tertiary alicyclic amines) is 1. The number of urea groups is 1. The van der Waals surface area contributed by atoms with E-state index in [1.54, 1.807) is 18.2 Å². The molecule has 1 aliphatic heterocycles. The normalized spacial score (nSPS) is 17.7. The fraction of sp³-hybridized carbons (Fsp3) is 0.286. The molecule has 0 spiro atoms. The van der Waals surface area contributed by atoms with Crippen LogP contribution in [0.1, 0.15) is 36.6 Å². The highest BCUT2D eigenvalue weighted by molar-refractivity contribution is 5.81. The highest BCUT2D eigenvalue weighted by Crippen LogP contribution is 2.30. The first-order valence-corrected chi connectivity index (χ1v) is 9.23. The minimum Gasteiger partial charge on any atom is -0.331 e. The first-order chi connectivity index (χ1) is 13.5. The predicted octanol–water partition coefficient (Wildman–Crippen LogP) is 4.17. The molecule has 1 saturated heterocycles. The third kappa shape index (κ3) is 3.52. The van der Waals surface area contributed by atoms with Gasteiger partial charge in [0.25, 0.3) is 0 Å². The zero-order valence-electron chi connectivity index (χ0n) is 15.4. The van der Waals surface area contributed by atoms with Gasteiger partial charge < -0.3 is 10.2 Å². The predicted molar refractivity (Wildman–Crippen MR) is 102 cm³/mol. The maximum Gasteiger partial charge on any atom is 0.317 e. The van der Waals surface area contributed by atoms with E-state index in [9.17, 15) is 13.6 Å². The van der Waals surface area contributed by atoms with Gasteiger partial charge in [-0.2, -0.15) is 0 Å². The largest absolute Gasteiger partial charge is 0.331 e. The van der Waals surface area contributed by atoms with E-state index >= 15 is 0 Å². The van der Waals surface area contributed by atoms with Crippen molar-refractivity contribution in [3.8, 4) is 0 Å². The van der Waals surface area contributed by atoms with Crippen LogP contribution in [0.5, 0.6) is 0 Å². The zero-order chi connectivity index (χ0) is 19.7. The average Bonchev–Trinajstić information content (AvgIpc) is 3.19. The van der Waals surface area contributed by atoms with Crippen LogP contribution in [-0.4, -0.2) is 34.0 Å². The molecule has 1 fully saturated rings. The summed E-state index contributed by atoms with van der Waals surface area (Å²) in [5.41, 5.74) is 1.95. The molecule has 28 heavy (non-hydrogen) atoms. The monoisotopic (exact) mass is 382 g/mol. The molecule has 2 aromatic carbocycles. The van der Waals surface area contributed by atoms with Crippen LogP contribution in [0.3, 0.4) is 0 Å². The molecule has 5 nitrogen and oxygen atoms in total. The van der Waals surface area contributed by atoms with Crippen molar-refractivity contribution in [3.05, 3.63) is 71.7 Å². The zero-order valence-corrected chi connectivity index (χ0v) is 15.4. The Kier molecular flexibility index (Phi) is 4.90. The van der Waals surface area contributed by atoms with Crippen molar-refractivity contribution in [1.82, 2.24) is 20.2 Å². The van der Waals surface area contributed by atoms with Crippen LogP contribution in [0, 0.1) is 11.6 Å². The maximum absolute atomic E-state index is 13.9. The molecule has 4 rings (SSSR count). The van der Waals surface area contributed by atoms with Crippen LogP contribution in [-0.2, 0) is 0 Å². The van der Waals surface area contributed by atoms with Gasteiger partial charge in [-0.15, -0.1) is 0 Å². The van der Waals surface area contributed by atoms with Crippen LogP contribution in [0.2, 0.25) is 0 Å². The summed E-state index contributed by atoms with van der Waals surface area (Å²) in [7, 11) is 0. The Hall–Kier alpha value is -3.09. The summed E-state index contributed by atoms with van der Waals surface area (Å²) in [6.45, 7) is 2.74. The molecule has 0 radical (unpaired) electrons. The lowest BCUT2D eigenvalue weighted by atomic mass is 10.0. The van der Waals surface area contributed by atoms with Gasteiger partial charge in [0.1, 0.15) is 18.0 Å². The highest BCUT2D eigenvalue weighted by Gasteiger charge is 2.30. The van der Waals surface area contributed by atoms with Crippen molar-refractivity contribution in [1.29, 1.82) is 0 Å². The maximum atomic E-state index is 13.9. The van der Waals surface area contributed by atoms with Gasteiger partial charge in [-0.25, -0.2) is 23.5 Å². The summed E-state index contributed by atoms with van der Waals surface area (Å²) < 4.78 is 27.3. The van der Waals surface area contributed by atoms with E-state index in [1.807, 2.05) is 24.3 Å². The Balaban J connectivity index is 1.46. The fourth-order valence-electron chi connectivity index (χ4n) is 3.72. The molecule has 1 N–H and O–H groups in total. The quantitative estimate of drug-likeness (QED) is 0.740. The lowest BCUT2D eigenvalue weighted by molar-refractivity contribution is 0.204. The SMILES string of the molecule is CC(NC(=O)N1CCC(c2ncnc3ccccc23)C1)c1cc(F)ccc1F. The van der Waals surface area contributed by atoms with Crippen LogP contribution < -0.4 is 5.32 Å². The molecular formula is C21H20F2N4O. The number of hydrogen-bond donors (Lipinski definition) is 1. The minimum absolute atomic E-state index is 0.111. The molecule has 3 aromatic rings. The molecule has 144 valence electrons. The minimum atomic E-state index is -0.637. The van der Waals surface area contributed by atoms with Crippen LogP contribution in [0.15, 0.2) is 48.8 Å². The highest BCUT2D eigenvalue weighted by atomic mass is 19.1. The van der Waals surface area contributed by atoms with E-state index < -0.39 is 17.7 Å². The summed E-state index contributed by atoms with van der Waals surface area (Å²) >= 11 is 0. The van der Waals surface area contributed by atoms with Gasteiger partial charge >= 0.3 is 6.03 Å². The molecule has 7 heteroatoms. The number of carbonyl (C=O) groups is 1. The van der Waals surface area contributed by atoms with Crippen molar-refractivity contribution in [2.45, 2.75) is 25.3 Å². The van der Waals surface area contributed by atoms with E-state index in [1.165, 1.54) is 0 Å². The first-order valence-electron chi connectivity index (χ1n) is 9.23. The Morgan fingerprint density at radius 2 is 2.04 bits per heavy atom. The summed E-state index contributed by atoms with van der Waals surface area (Å²) in [6, 6.07) is 10.1. The van der Waals surface area contributed by atoms with Crippen molar-refractivity contribution in [2.24, 2.45) is 0 Å². The molecule has 2 amide bonds. The summed E-state index contributed by atoms with van der Waals surface area (Å²) in [5, 5.41) is 3.76. The number of halogens is 2. The Morgan fingerprint density at radius 1 is 1.21 bits per heavy atom. The van der Waals surface area contributed by atoms with E-state index in [-0.39, 0.29) is 17.5 Å². The number of benzene rings is 2. The van der Waals surface area contributed by atoms with Gasteiger partial charge in [-0.3, -0.25) is 0 Å². The van der Waals surface area contributed by atoms with Gasteiger partial charge in [0.15, 0.2) is 0 Å². The van der Waals surface area contributed by atoms with Gasteiger partial charge in [0.2, 0.25) is 0 Å². The smallest absolute Gasteiger partial charge is 0.317 e.